The summed E-state index contributed by atoms with van der Waals surface area (Å²) in [4.78, 5) is 11.6. The Kier molecular flexibility index (Phi) is 4.03. The number of rotatable bonds is 3. The molecule has 0 saturated heterocycles. The zero-order valence-electron chi connectivity index (χ0n) is 10.5. The highest BCUT2D eigenvalue weighted by Gasteiger charge is 2.11. The summed E-state index contributed by atoms with van der Waals surface area (Å²) < 4.78 is 5.32. The van der Waals surface area contributed by atoms with Crippen LogP contribution in [0.15, 0.2) is 60.7 Å². The van der Waals surface area contributed by atoms with Crippen LogP contribution in [-0.4, -0.2) is 5.97 Å². The van der Waals surface area contributed by atoms with Crippen LogP contribution in [0.1, 0.15) is 6.92 Å². The van der Waals surface area contributed by atoms with Gasteiger partial charge in [-0.15, -0.1) is 0 Å². The monoisotopic (exact) mass is 272 g/mol. The van der Waals surface area contributed by atoms with Crippen LogP contribution < -0.4 is 4.74 Å². The average molecular weight is 273 g/mol. The van der Waals surface area contributed by atoms with Crippen LogP contribution >= 0.6 is 11.6 Å². The third-order valence-corrected chi connectivity index (χ3v) is 2.81. The van der Waals surface area contributed by atoms with Crippen molar-refractivity contribution in [1.29, 1.82) is 0 Å². The van der Waals surface area contributed by atoms with E-state index >= 15 is 0 Å². The molecular formula is C16H13ClO2. The summed E-state index contributed by atoms with van der Waals surface area (Å²) >= 11 is 5.98. The third-order valence-electron chi connectivity index (χ3n) is 2.57. The molecule has 0 bridgehead atoms. The first-order chi connectivity index (χ1) is 9.08. The molecule has 0 saturated carbocycles. The molecule has 2 aromatic carbocycles. The van der Waals surface area contributed by atoms with Gasteiger partial charge in [-0.2, -0.15) is 0 Å². The lowest BCUT2D eigenvalue weighted by molar-refractivity contribution is -0.130. The highest BCUT2D eigenvalue weighted by Crippen LogP contribution is 2.31. The van der Waals surface area contributed by atoms with Gasteiger partial charge in [-0.25, -0.2) is 4.79 Å². The number of halogens is 1. The number of hydrogen-bond donors (Lipinski definition) is 0. The summed E-state index contributed by atoms with van der Waals surface area (Å²) in [6.07, 6.45) is 0. The smallest absolute Gasteiger partial charge is 0.338 e. The molecule has 0 unspecified atom stereocenters. The van der Waals surface area contributed by atoms with E-state index in [1.165, 1.54) is 0 Å². The summed E-state index contributed by atoms with van der Waals surface area (Å²) in [6.45, 7) is 5.19. The van der Waals surface area contributed by atoms with Gasteiger partial charge in [-0.3, -0.25) is 0 Å². The Bertz CT molecular complexity index is 632. The van der Waals surface area contributed by atoms with Gasteiger partial charge in [0.2, 0.25) is 0 Å². The lowest BCUT2D eigenvalue weighted by atomic mass is 10.0. The molecule has 2 aromatic rings. The highest BCUT2D eigenvalue weighted by molar-refractivity contribution is 6.30. The molecule has 0 aliphatic rings. The summed E-state index contributed by atoms with van der Waals surface area (Å²) in [6, 6.07) is 14.7. The Labute approximate surface area is 117 Å². The minimum atomic E-state index is -0.436. The van der Waals surface area contributed by atoms with Crippen LogP contribution in [-0.2, 0) is 4.79 Å². The topological polar surface area (TPSA) is 26.3 Å². The van der Waals surface area contributed by atoms with Crippen molar-refractivity contribution in [2.24, 2.45) is 0 Å². The van der Waals surface area contributed by atoms with Gasteiger partial charge >= 0.3 is 5.97 Å². The summed E-state index contributed by atoms with van der Waals surface area (Å²) in [5.41, 5.74) is 2.08. The van der Waals surface area contributed by atoms with E-state index < -0.39 is 5.97 Å². The molecule has 0 N–H and O–H groups in total. The van der Waals surface area contributed by atoms with E-state index in [1.54, 1.807) is 19.1 Å². The molecule has 0 atom stereocenters. The fourth-order valence-electron chi connectivity index (χ4n) is 1.64. The van der Waals surface area contributed by atoms with E-state index in [0.29, 0.717) is 16.3 Å². The van der Waals surface area contributed by atoms with Crippen LogP contribution in [0.25, 0.3) is 11.1 Å². The minimum Gasteiger partial charge on any atom is -0.423 e. The van der Waals surface area contributed by atoms with Crippen molar-refractivity contribution in [1.82, 2.24) is 0 Å². The fourth-order valence-corrected chi connectivity index (χ4v) is 1.83. The van der Waals surface area contributed by atoms with Gasteiger partial charge in [0.1, 0.15) is 5.75 Å². The summed E-state index contributed by atoms with van der Waals surface area (Å²) in [5.74, 6) is 0.0623. The standard InChI is InChI=1S/C16H13ClO2/c1-11(2)16(18)19-15-9-4-3-8-14(15)12-6-5-7-13(17)10-12/h3-10H,1H2,2H3. The second-order valence-corrected chi connectivity index (χ2v) is 4.61. The molecular weight excluding hydrogens is 260 g/mol. The number of carbonyl (C=O) groups is 1. The lowest BCUT2D eigenvalue weighted by Crippen LogP contribution is -2.08. The normalized spacial score (nSPS) is 10.0. The number of esters is 1. The second kappa shape index (κ2) is 5.72. The van der Waals surface area contributed by atoms with Crippen molar-refractivity contribution in [2.45, 2.75) is 6.92 Å². The van der Waals surface area contributed by atoms with Gasteiger partial charge in [0.15, 0.2) is 0 Å². The summed E-state index contributed by atoms with van der Waals surface area (Å²) in [5, 5.41) is 0.638. The molecule has 19 heavy (non-hydrogen) atoms. The molecule has 0 radical (unpaired) electrons. The maximum Gasteiger partial charge on any atom is 0.338 e. The van der Waals surface area contributed by atoms with Gasteiger partial charge in [0.25, 0.3) is 0 Å². The first kappa shape index (κ1) is 13.4. The molecule has 3 heteroatoms. The predicted octanol–water partition coefficient (Wildman–Crippen LogP) is 4.49. The maximum absolute atomic E-state index is 11.6. The zero-order valence-corrected chi connectivity index (χ0v) is 11.3. The van der Waals surface area contributed by atoms with E-state index in [9.17, 15) is 4.79 Å². The van der Waals surface area contributed by atoms with Crippen molar-refractivity contribution in [3.63, 3.8) is 0 Å². The molecule has 0 aliphatic heterocycles. The Hall–Kier alpha value is -2.06. The van der Waals surface area contributed by atoms with Crippen molar-refractivity contribution in [3.05, 3.63) is 65.7 Å². The van der Waals surface area contributed by atoms with Crippen LogP contribution in [0.5, 0.6) is 5.75 Å². The molecule has 0 fully saturated rings. The van der Waals surface area contributed by atoms with Crippen LogP contribution in [0.2, 0.25) is 5.02 Å². The third kappa shape index (κ3) is 3.24. The van der Waals surface area contributed by atoms with Crippen molar-refractivity contribution < 1.29 is 9.53 Å². The molecule has 0 aliphatic carbocycles. The Morgan fingerprint density at radius 1 is 1.16 bits per heavy atom. The molecule has 0 heterocycles. The first-order valence-electron chi connectivity index (χ1n) is 5.80. The second-order valence-electron chi connectivity index (χ2n) is 4.18. The number of para-hydroxylation sites is 1. The number of carbonyl (C=O) groups excluding carboxylic acids is 1. The summed E-state index contributed by atoms with van der Waals surface area (Å²) in [7, 11) is 0. The maximum atomic E-state index is 11.6. The van der Waals surface area contributed by atoms with Gasteiger partial charge in [0.05, 0.1) is 0 Å². The quantitative estimate of drug-likeness (QED) is 0.467. The molecule has 96 valence electrons. The number of hydrogen-bond acceptors (Lipinski definition) is 2. The Morgan fingerprint density at radius 2 is 1.89 bits per heavy atom. The SMILES string of the molecule is C=C(C)C(=O)Oc1ccccc1-c1cccc(Cl)c1. The van der Waals surface area contributed by atoms with Crippen LogP contribution in [0.3, 0.4) is 0 Å². The number of benzene rings is 2. The van der Waals surface area contributed by atoms with Crippen molar-refractivity contribution in [2.75, 3.05) is 0 Å². The molecule has 2 rings (SSSR count). The van der Waals surface area contributed by atoms with E-state index in [0.717, 1.165) is 11.1 Å². The van der Waals surface area contributed by atoms with E-state index in [2.05, 4.69) is 6.58 Å². The molecule has 0 spiro atoms. The van der Waals surface area contributed by atoms with E-state index in [-0.39, 0.29) is 0 Å². The van der Waals surface area contributed by atoms with Gasteiger partial charge in [-0.1, -0.05) is 48.5 Å². The number of ether oxygens (including phenoxy) is 1. The highest BCUT2D eigenvalue weighted by atomic mass is 35.5. The first-order valence-corrected chi connectivity index (χ1v) is 6.18. The van der Waals surface area contributed by atoms with Crippen molar-refractivity contribution >= 4 is 17.6 Å². The van der Waals surface area contributed by atoms with Gasteiger partial charge < -0.3 is 4.74 Å². The molecule has 2 nitrogen and oxygen atoms in total. The molecule has 0 aromatic heterocycles. The van der Waals surface area contributed by atoms with Crippen molar-refractivity contribution in [3.8, 4) is 16.9 Å². The fraction of sp³-hybridized carbons (Fsp3) is 0.0625. The Balaban J connectivity index is 2.41. The van der Waals surface area contributed by atoms with Crippen LogP contribution in [0.4, 0.5) is 0 Å². The molecule has 0 amide bonds. The lowest BCUT2D eigenvalue weighted by Gasteiger charge is -2.10. The van der Waals surface area contributed by atoms with Gasteiger partial charge in [0, 0.05) is 16.2 Å². The van der Waals surface area contributed by atoms with E-state index in [4.69, 9.17) is 16.3 Å². The largest absolute Gasteiger partial charge is 0.423 e. The van der Waals surface area contributed by atoms with E-state index in [1.807, 2.05) is 36.4 Å². The van der Waals surface area contributed by atoms with Crippen LogP contribution in [0, 0.1) is 0 Å². The van der Waals surface area contributed by atoms with Gasteiger partial charge in [-0.05, 0) is 30.7 Å². The predicted molar refractivity (Wildman–Crippen MR) is 77.3 cm³/mol. The Morgan fingerprint density at radius 3 is 2.58 bits per heavy atom. The zero-order chi connectivity index (χ0) is 13.8. The minimum absolute atomic E-state index is 0.362. The average Bonchev–Trinajstić information content (AvgIpc) is 2.39.